The van der Waals surface area contributed by atoms with E-state index in [2.05, 4.69) is 20.8 Å². The van der Waals surface area contributed by atoms with Gasteiger partial charge < -0.3 is 15.1 Å². The highest BCUT2D eigenvalue weighted by atomic mass is 32.2. The Bertz CT molecular complexity index is 712. The molecule has 0 atom stereocenters. The first kappa shape index (κ1) is 15.0. The number of hydrogen-bond donors (Lipinski definition) is 2. The van der Waals surface area contributed by atoms with Gasteiger partial charge in [-0.1, -0.05) is 23.3 Å². The molecule has 0 radical (unpaired) electrons. The van der Waals surface area contributed by atoms with Gasteiger partial charge in [-0.05, 0) is 12.1 Å². The number of carbonyl (C=O) groups excluding carboxylic acids is 1. The number of carbonyl (C=O) groups is 1. The molecule has 0 saturated heterocycles. The lowest BCUT2D eigenvalue weighted by Crippen LogP contribution is -2.30. The van der Waals surface area contributed by atoms with Gasteiger partial charge in [-0.15, -0.1) is 5.10 Å². The summed E-state index contributed by atoms with van der Waals surface area (Å²) in [6.07, 6.45) is 1.22. The summed E-state index contributed by atoms with van der Waals surface area (Å²) in [5.74, 6) is 0.149. The third kappa shape index (κ3) is 4.56. The molecule has 9 heteroatoms. The first-order chi connectivity index (χ1) is 9.95. The van der Waals surface area contributed by atoms with Crippen LogP contribution in [0.2, 0.25) is 0 Å². The number of benzene rings is 1. The third-order valence-electron chi connectivity index (χ3n) is 2.42. The second-order valence-electron chi connectivity index (χ2n) is 4.23. The van der Waals surface area contributed by atoms with E-state index in [4.69, 9.17) is 4.42 Å². The Morgan fingerprint density at radius 2 is 1.95 bits per heavy atom. The van der Waals surface area contributed by atoms with Crippen LogP contribution in [0.5, 0.6) is 0 Å². The van der Waals surface area contributed by atoms with Crippen molar-refractivity contribution in [2.45, 2.75) is 11.6 Å². The number of urea groups is 1. The van der Waals surface area contributed by atoms with Crippen LogP contribution >= 0.6 is 0 Å². The fraction of sp³-hybridized carbons (Fsp3) is 0.250. The largest absolute Gasteiger partial charge is 0.412 e. The molecular formula is C12H14N4O4S. The zero-order valence-electron chi connectivity index (χ0n) is 11.2. The van der Waals surface area contributed by atoms with E-state index < -0.39 is 15.1 Å². The van der Waals surface area contributed by atoms with Gasteiger partial charge in [-0.2, -0.15) is 0 Å². The topological polar surface area (TPSA) is 114 Å². The Kier molecular flexibility index (Phi) is 4.53. The Morgan fingerprint density at radius 3 is 2.57 bits per heavy atom. The summed E-state index contributed by atoms with van der Waals surface area (Å²) in [5, 5.41) is 11.8. The maximum Gasteiger partial charge on any atom is 0.335 e. The van der Waals surface area contributed by atoms with Gasteiger partial charge in [-0.3, -0.25) is 0 Å². The summed E-state index contributed by atoms with van der Waals surface area (Å²) in [7, 11) is -3.50. The second kappa shape index (κ2) is 6.35. The first-order valence-corrected chi connectivity index (χ1v) is 7.96. The van der Waals surface area contributed by atoms with Crippen LogP contribution in [0.3, 0.4) is 0 Å². The molecule has 0 spiro atoms. The van der Waals surface area contributed by atoms with Crippen molar-refractivity contribution in [1.29, 1.82) is 0 Å². The van der Waals surface area contributed by atoms with Gasteiger partial charge >= 0.3 is 11.3 Å². The van der Waals surface area contributed by atoms with Crippen LogP contribution in [0.1, 0.15) is 5.89 Å². The van der Waals surface area contributed by atoms with Gasteiger partial charge in [0.05, 0.1) is 0 Å². The molecule has 0 fully saturated rings. The van der Waals surface area contributed by atoms with Crippen molar-refractivity contribution in [2.75, 3.05) is 18.1 Å². The Morgan fingerprint density at radius 1 is 1.24 bits per heavy atom. The summed E-state index contributed by atoms with van der Waals surface area (Å²) in [6, 6.07) is 8.61. The number of anilines is 1. The molecule has 2 rings (SSSR count). The molecular weight excluding hydrogens is 296 g/mol. The summed E-state index contributed by atoms with van der Waals surface area (Å²) in [5.41, 5.74) is 0.673. The predicted molar refractivity (Wildman–Crippen MR) is 74.6 cm³/mol. The number of aromatic nitrogens is 2. The van der Waals surface area contributed by atoms with E-state index in [1.54, 1.807) is 24.3 Å². The van der Waals surface area contributed by atoms with Gasteiger partial charge in [0.1, 0.15) is 0 Å². The fourth-order valence-corrected chi connectivity index (χ4v) is 1.91. The Balaban J connectivity index is 1.79. The van der Waals surface area contributed by atoms with Gasteiger partial charge in [-0.25, -0.2) is 13.2 Å². The van der Waals surface area contributed by atoms with Crippen molar-refractivity contribution in [3.63, 3.8) is 0 Å². The first-order valence-electron chi connectivity index (χ1n) is 6.07. The summed E-state index contributed by atoms with van der Waals surface area (Å²) in [4.78, 5) is 11.6. The van der Waals surface area contributed by atoms with Gasteiger partial charge in [0.2, 0.25) is 15.7 Å². The zero-order chi connectivity index (χ0) is 15.3. The van der Waals surface area contributed by atoms with Crippen molar-refractivity contribution in [1.82, 2.24) is 15.5 Å². The highest BCUT2D eigenvalue weighted by Gasteiger charge is 2.16. The van der Waals surface area contributed by atoms with Crippen LogP contribution in [0.15, 0.2) is 40.0 Å². The fourth-order valence-electron chi connectivity index (χ4n) is 1.47. The second-order valence-corrected chi connectivity index (χ2v) is 6.12. The number of hydrogen-bond acceptors (Lipinski definition) is 6. The average Bonchev–Trinajstić information content (AvgIpc) is 2.88. The third-order valence-corrected chi connectivity index (χ3v) is 3.22. The standard InChI is InChI=1S/C12H14N4O4S/c1-21(18,19)12-16-15-10(20-12)7-8-13-11(17)14-9-5-3-2-4-6-9/h2-6H,7-8H2,1H3,(H2,13,14,17). The maximum absolute atomic E-state index is 11.6. The molecule has 0 saturated carbocycles. The van der Waals surface area contributed by atoms with Crippen LogP contribution < -0.4 is 10.6 Å². The normalized spacial score (nSPS) is 11.1. The molecule has 2 N–H and O–H groups in total. The van der Waals surface area contributed by atoms with E-state index in [1.807, 2.05) is 6.07 Å². The van der Waals surface area contributed by atoms with E-state index in [-0.39, 0.29) is 24.9 Å². The van der Waals surface area contributed by atoms with Gasteiger partial charge in [0.25, 0.3) is 0 Å². The quantitative estimate of drug-likeness (QED) is 0.845. The van der Waals surface area contributed by atoms with Crippen LogP contribution in [0.25, 0.3) is 0 Å². The number of para-hydroxylation sites is 1. The molecule has 1 aromatic carbocycles. The minimum atomic E-state index is -3.50. The van der Waals surface area contributed by atoms with Crippen molar-refractivity contribution in [3.05, 3.63) is 36.2 Å². The lowest BCUT2D eigenvalue weighted by Gasteiger charge is -2.05. The Hall–Kier alpha value is -2.42. The molecule has 1 aromatic heterocycles. The van der Waals surface area contributed by atoms with Crippen LogP contribution in [0.4, 0.5) is 10.5 Å². The summed E-state index contributed by atoms with van der Waals surface area (Å²) in [6.45, 7) is 0.240. The molecule has 0 bridgehead atoms. The number of amides is 2. The van der Waals surface area contributed by atoms with Crippen molar-refractivity contribution in [3.8, 4) is 0 Å². The van der Waals surface area contributed by atoms with E-state index in [1.165, 1.54) is 0 Å². The average molecular weight is 310 g/mol. The monoisotopic (exact) mass is 310 g/mol. The van der Waals surface area contributed by atoms with E-state index in [0.717, 1.165) is 6.26 Å². The molecule has 112 valence electrons. The highest BCUT2D eigenvalue weighted by Crippen LogP contribution is 2.07. The minimum Gasteiger partial charge on any atom is -0.412 e. The van der Waals surface area contributed by atoms with Crippen LogP contribution in [0, 0.1) is 0 Å². The van der Waals surface area contributed by atoms with Crippen LogP contribution in [-0.2, 0) is 16.3 Å². The summed E-state index contributed by atoms with van der Waals surface area (Å²) >= 11 is 0. The van der Waals surface area contributed by atoms with Crippen molar-refractivity contribution < 1.29 is 17.6 Å². The van der Waals surface area contributed by atoms with Crippen LogP contribution in [-0.4, -0.2) is 37.4 Å². The van der Waals surface area contributed by atoms with E-state index >= 15 is 0 Å². The number of nitrogens with one attached hydrogen (secondary N) is 2. The molecule has 0 aliphatic heterocycles. The molecule has 0 aliphatic rings. The maximum atomic E-state index is 11.6. The predicted octanol–water partition coefficient (Wildman–Crippen LogP) is 0.837. The number of nitrogens with zero attached hydrogens (tertiary/aromatic N) is 2. The lowest BCUT2D eigenvalue weighted by atomic mass is 10.3. The Labute approximate surface area is 121 Å². The molecule has 1 heterocycles. The summed E-state index contributed by atoms with van der Waals surface area (Å²) < 4.78 is 27.3. The number of sulfone groups is 1. The zero-order valence-corrected chi connectivity index (χ0v) is 12.1. The van der Waals surface area contributed by atoms with E-state index in [9.17, 15) is 13.2 Å². The highest BCUT2D eigenvalue weighted by molar-refractivity contribution is 7.90. The van der Waals surface area contributed by atoms with Crippen molar-refractivity contribution >= 4 is 21.6 Å². The van der Waals surface area contributed by atoms with Gasteiger partial charge in [0.15, 0.2) is 0 Å². The molecule has 21 heavy (non-hydrogen) atoms. The van der Waals surface area contributed by atoms with Crippen molar-refractivity contribution in [2.24, 2.45) is 0 Å². The molecule has 8 nitrogen and oxygen atoms in total. The smallest absolute Gasteiger partial charge is 0.335 e. The molecule has 2 amide bonds. The SMILES string of the molecule is CS(=O)(=O)c1nnc(CCNC(=O)Nc2ccccc2)o1. The minimum absolute atomic E-state index is 0.149. The molecule has 0 aliphatic carbocycles. The number of rotatable bonds is 5. The molecule has 0 unspecified atom stereocenters. The molecule has 2 aromatic rings. The van der Waals surface area contributed by atoms with Gasteiger partial charge in [0, 0.05) is 24.9 Å². The van der Waals surface area contributed by atoms with E-state index in [0.29, 0.717) is 5.69 Å². The lowest BCUT2D eigenvalue weighted by molar-refractivity contribution is 0.252.